The van der Waals surface area contributed by atoms with E-state index in [0.717, 1.165) is 0 Å². The molecule has 2 aliphatic heterocycles. The van der Waals surface area contributed by atoms with Crippen LogP contribution >= 0.6 is 0 Å². The van der Waals surface area contributed by atoms with Crippen LogP contribution in [0.1, 0.15) is 34.8 Å². The Kier molecular flexibility index (Phi) is 22.4. The van der Waals surface area contributed by atoms with E-state index in [2.05, 4.69) is 10.2 Å². The van der Waals surface area contributed by atoms with Gasteiger partial charge in [-0.15, -0.1) is 0 Å². The molecule has 2 aromatic carbocycles. The Labute approximate surface area is 307 Å². The molecule has 0 aliphatic carbocycles. The molecule has 2 aromatic heterocycles. The first-order valence-electron chi connectivity index (χ1n) is 13.3. The Morgan fingerprint density at radius 1 is 0.647 bits per heavy atom. The van der Waals surface area contributed by atoms with E-state index in [4.69, 9.17) is 18.9 Å². The van der Waals surface area contributed by atoms with Crippen molar-refractivity contribution in [2.75, 3.05) is 38.6 Å². The monoisotopic (exact) mass is 814 g/mol. The first kappa shape index (κ1) is 51.0. The summed E-state index contributed by atoms with van der Waals surface area (Å²) in [5.41, 5.74) is -1.57. The van der Waals surface area contributed by atoms with Gasteiger partial charge in [-0.3, -0.25) is 27.4 Å². The van der Waals surface area contributed by atoms with Crippen LogP contribution in [0.5, 0.6) is 23.0 Å². The molecule has 20 nitrogen and oxygen atoms in total. The number of carbonyl (C=O) groups is 2. The normalized spacial score (nSPS) is 11.0. The minimum absolute atomic E-state index is 0. The third-order valence-electron chi connectivity index (χ3n) is 5.88. The second kappa shape index (κ2) is 22.4. The number of rotatable bonds is 4. The van der Waals surface area contributed by atoms with Crippen molar-refractivity contribution in [3.05, 3.63) is 56.1 Å². The van der Waals surface area contributed by atoms with Crippen LogP contribution < -0.4 is 40.0 Å². The second-order valence-electron chi connectivity index (χ2n) is 9.49. The molecule has 0 saturated carbocycles. The molecule has 0 saturated heterocycles. The molecule has 6 rings (SSSR count). The summed E-state index contributed by atoms with van der Waals surface area (Å²) in [6.07, 6.45) is 6.56. The van der Waals surface area contributed by atoms with Crippen molar-refractivity contribution in [2.24, 2.45) is 0 Å². The number of carbonyl (C=O) groups excluding carboxylic acids is 2. The third kappa shape index (κ3) is 12.4. The maximum absolute atomic E-state index is 12.0. The van der Waals surface area contributed by atoms with Crippen LogP contribution in [-0.4, -0.2) is 100 Å². The van der Waals surface area contributed by atoms with E-state index in [1.807, 2.05) is 0 Å². The summed E-state index contributed by atoms with van der Waals surface area (Å²) >= 11 is 0. The van der Waals surface area contributed by atoms with Gasteiger partial charge in [0.25, 0.3) is 0 Å². The van der Waals surface area contributed by atoms with Crippen LogP contribution in [0, 0.1) is 0 Å². The maximum atomic E-state index is 12.0. The van der Waals surface area contributed by atoms with E-state index in [9.17, 15) is 37.8 Å². The second-order valence-corrected chi connectivity index (χ2v) is 12.5. The van der Waals surface area contributed by atoms with Gasteiger partial charge in [0.05, 0.1) is 33.7 Å². The van der Waals surface area contributed by atoms with Gasteiger partial charge in [0.2, 0.25) is 24.4 Å². The smallest absolute Gasteiger partial charge is 0.543 e. The summed E-state index contributed by atoms with van der Waals surface area (Å²) in [5.74, 6) is -1.32. The fourth-order valence-electron chi connectivity index (χ4n) is 4.10. The first-order chi connectivity index (χ1) is 21.7. The molecule has 0 radical (unpaired) electrons. The average Bonchev–Trinajstić information content (AvgIpc) is 3.64. The van der Waals surface area contributed by atoms with Gasteiger partial charge in [0, 0.05) is 71.8 Å². The number of aromatic nitrogens is 4. The fourth-order valence-corrected chi connectivity index (χ4v) is 4.10. The Hall–Kier alpha value is -4.38. The predicted molar refractivity (Wildman–Crippen MR) is 179 cm³/mol. The van der Waals surface area contributed by atoms with Crippen molar-refractivity contribution in [3.63, 3.8) is 0 Å². The summed E-state index contributed by atoms with van der Waals surface area (Å²) in [4.78, 5) is 45.9. The van der Waals surface area contributed by atoms with E-state index < -0.39 is 55.8 Å². The molecule has 8 N–H and O–H groups in total. The van der Waals surface area contributed by atoms with Crippen LogP contribution in [0.4, 0.5) is 0 Å². The van der Waals surface area contributed by atoms with Gasteiger partial charge < -0.3 is 60.7 Å². The molecule has 0 bridgehead atoms. The number of nitrogens with zero attached hydrogens (tertiary/aromatic N) is 4. The number of ether oxygens (including phenoxy) is 4. The molecule has 0 amide bonds. The zero-order chi connectivity index (χ0) is 34.3. The summed E-state index contributed by atoms with van der Waals surface area (Å²) in [6, 6.07) is 6.18. The first-order valence-corrected chi connectivity index (χ1v) is 17.2. The average molecular weight is 816 g/mol. The molecular formula is C28H38N4O16S2Zn. The maximum Gasteiger partial charge on any atom is 2.00 e. The molecule has 0 unspecified atom stereocenters. The minimum Gasteiger partial charge on any atom is -0.543 e. The molecule has 0 atom stereocenters. The quantitative estimate of drug-likeness (QED) is 0.176. The zero-order valence-corrected chi connectivity index (χ0v) is 32.9. The van der Waals surface area contributed by atoms with Crippen molar-refractivity contribution >= 4 is 55.3 Å². The van der Waals surface area contributed by atoms with Gasteiger partial charge in [-0.05, 0) is 26.0 Å². The van der Waals surface area contributed by atoms with E-state index in [-0.39, 0.29) is 65.7 Å². The van der Waals surface area contributed by atoms with Crippen molar-refractivity contribution in [2.45, 2.75) is 26.9 Å². The molecule has 51 heavy (non-hydrogen) atoms. The van der Waals surface area contributed by atoms with Crippen LogP contribution in [0.2, 0.25) is 0 Å². The number of fused-ring (bicyclic) bond motifs is 4. The number of aryl methyl sites for hydroxylation is 2. The molecule has 4 heterocycles. The van der Waals surface area contributed by atoms with Crippen LogP contribution in [0.25, 0.3) is 21.8 Å². The van der Waals surface area contributed by atoms with Crippen molar-refractivity contribution in [3.8, 4) is 23.0 Å². The van der Waals surface area contributed by atoms with Gasteiger partial charge in [-0.1, -0.05) is 0 Å². The predicted octanol–water partition coefficient (Wildman–Crippen LogP) is -4.29. The van der Waals surface area contributed by atoms with E-state index in [1.54, 1.807) is 51.0 Å². The Morgan fingerprint density at radius 3 is 1.14 bits per heavy atom. The summed E-state index contributed by atoms with van der Waals surface area (Å²) in [5, 5.41) is 29.9. The largest absolute Gasteiger partial charge is 2.00 e. The van der Waals surface area contributed by atoms with Crippen LogP contribution in [-0.2, 0) is 54.2 Å². The van der Waals surface area contributed by atoms with E-state index in [0.29, 0.717) is 47.1 Å². The fraction of sp³-hybridized carbons (Fsp3) is 0.357. The standard InChI is InChI=1S/2C12H10N2O5.2C2H6OS.4H2O.Zn/c2*1-2-14-7-4-9-8(18-5-19-9)3-6(7)11(15)10(13-14)12(16)17;2*1-4(2)3;;;;;/h2*3-4H,2,5H2,1H3,(H,16,17);2*1-2H3;4*1H2;/q;;;;;;;;+2/p-2. The van der Waals surface area contributed by atoms with Gasteiger partial charge in [0.1, 0.15) is 0 Å². The number of carboxylic acid groups (broad SMARTS) is 2. The van der Waals surface area contributed by atoms with Crippen LogP contribution in [0.3, 0.4) is 0 Å². The van der Waals surface area contributed by atoms with Crippen molar-refractivity contribution in [1.82, 2.24) is 19.6 Å². The zero-order valence-electron chi connectivity index (χ0n) is 28.3. The molecule has 0 fully saturated rings. The molecule has 2 aliphatic rings. The van der Waals surface area contributed by atoms with Gasteiger partial charge >= 0.3 is 19.5 Å². The Morgan fingerprint density at radius 2 is 0.902 bits per heavy atom. The molecule has 280 valence electrons. The topological polar surface area (TPSA) is 347 Å². The molecule has 0 spiro atoms. The molecular weight excluding hydrogens is 778 g/mol. The summed E-state index contributed by atoms with van der Waals surface area (Å²) in [6.45, 7) is 4.56. The SMILES string of the molecule is CCn1nc(C(=O)[O-])c(=O)c2cc3c(cc21)OCO3.CCn1nc(C(=O)[O-])c(=O)c2cc3c(cc21)OCO3.CS(C)=O.CS(C)=O.O.O.O.O.[Zn+2]. The van der Waals surface area contributed by atoms with Gasteiger partial charge in [-0.25, -0.2) is 0 Å². The molecule has 23 heteroatoms. The van der Waals surface area contributed by atoms with Crippen molar-refractivity contribution in [1.29, 1.82) is 0 Å². The summed E-state index contributed by atoms with van der Waals surface area (Å²) in [7, 11) is -1.22. The Bertz CT molecular complexity index is 1840. The van der Waals surface area contributed by atoms with Gasteiger partial charge in [-0.2, -0.15) is 10.2 Å². The number of hydrogen-bond acceptors (Lipinski definition) is 14. The number of benzene rings is 2. The number of carboxylic acids is 2. The van der Waals surface area contributed by atoms with E-state index >= 15 is 0 Å². The molecule has 4 aromatic rings. The van der Waals surface area contributed by atoms with E-state index in [1.165, 1.54) is 21.5 Å². The number of hydrogen-bond donors (Lipinski definition) is 0. The van der Waals surface area contributed by atoms with Crippen LogP contribution in [0.15, 0.2) is 33.9 Å². The Balaban J connectivity index is -0.000000691. The van der Waals surface area contributed by atoms with Crippen molar-refractivity contribution < 1.29 is 88.6 Å². The minimum atomic E-state index is -1.59. The number of aromatic carboxylic acids is 2. The van der Waals surface area contributed by atoms with Gasteiger partial charge in [0.15, 0.2) is 34.4 Å². The third-order valence-corrected chi connectivity index (χ3v) is 5.88. The summed E-state index contributed by atoms with van der Waals surface area (Å²) < 4.78 is 42.8.